The molecule has 1 atom stereocenters. The lowest BCUT2D eigenvalue weighted by Crippen LogP contribution is -2.38. The first-order valence-electron chi connectivity index (χ1n) is 6.97. The molecule has 1 aromatic heterocycles. The van der Waals surface area contributed by atoms with Crippen molar-refractivity contribution in [3.63, 3.8) is 0 Å². The van der Waals surface area contributed by atoms with Gasteiger partial charge in [0.25, 0.3) is 0 Å². The fourth-order valence-corrected chi connectivity index (χ4v) is 2.62. The lowest BCUT2D eigenvalue weighted by molar-refractivity contribution is -0.131. The van der Waals surface area contributed by atoms with E-state index in [0.29, 0.717) is 12.5 Å². The second kappa shape index (κ2) is 7.64. The maximum absolute atomic E-state index is 12.4. The van der Waals surface area contributed by atoms with Gasteiger partial charge in [0.2, 0.25) is 5.91 Å². The number of carbonyl (C=O) groups is 1. The van der Waals surface area contributed by atoms with Crippen LogP contribution in [0.15, 0.2) is 4.52 Å². The number of hydrogen-bond donors (Lipinski definition) is 1. The Bertz CT molecular complexity index is 420. The molecular formula is C14H24ClN3O2. The maximum Gasteiger partial charge on any atom is 0.227 e. The number of carbonyl (C=O) groups excluding carboxylic acids is 1. The van der Waals surface area contributed by atoms with Gasteiger partial charge in [-0.05, 0) is 46.2 Å². The van der Waals surface area contributed by atoms with Gasteiger partial charge < -0.3 is 14.7 Å². The number of aromatic nitrogens is 1. The summed E-state index contributed by atoms with van der Waals surface area (Å²) >= 11 is 0. The number of likely N-dealkylation sites (N-methyl/N-ethyl adjacent to an activating group) is 1. The Kier molecular flexibility index (Phi) is 6.49. The molecule has 1 aliphatic rings. The third-order valence-corrected chi connectivity index (χ3v) is 4.00. The molecule has 2 heterocycles. The molecule has 1 saturated heterocycles. The molecule has 20 heavy (non-hydrogen) atoms. The second-order valence-corrected chi connectivity index (χ2v) is 5.32. The van der Waals surface area contributed by atoms with Gasteiger partial charge in [-0.15, -0.1) is 12.4 Å². The SMILES string of the molecule is Cc1noc(C)c1CC(=O)N(C)C1CCCNCC1.Cl. The molecule has 1 aliphatic heterocycles. The van der Waals surface area contributed by atoms with Crippen LogP contribution < -0.4 is 5.32 Å². The molecular weight excluding hydrogens is 278 g/mol. The molecule has 2 rings (SSSR count). The molecule has 114 valence electrons. The summed E-state index contributed by atoms with van der Waals surface area (Å²) in [5.74, 6) is 0.906. The molecule has 1 unspecified atom stereocenters. The Hall–Kier alpha value is -1.07. The van der Waals surface area contributed by atoms with Crippen LogP contribution >= 0.6 is 12.4 Å². The van der Waals surface area contributed by atoms with E-state index in [9.17, 15) is 4.79 Å². The van der Waals surface area contributed by atoms with Crippen LogP contribution in [0.2, 0.25) is 0 Å². The Morgan fingerprint density at radius 3 is 2.80 bits per heavy atom. The van der Waals surface area contributed by atoms with E-state index in [1.807, 2.05) is 25.8 Å². The number of nitrogens with zero attached hydrogens (tertiary/aromatic N) is 2. The van der Waals surface area contributed by atoms with E-state index in [2.05, 4.69) is 10.5 Å². The maximum atomic E-state index is 12.4. The van der Waals surface area contributed by atoms with E-state index in [1.54, 1.807) is 0 Å². The first-order chi connectivity index (χ1) is 9.09. The van der Waals surface area contributed by atoms with E-state index in [-0.39, 0.29) is 18.3 Å². The number of aryl methyl sites for hydroxylation is 2. The minimum Gasteiger partial charge on any atom is -0.361 e. The molecule has 1 N–H and O–H groups in total. The zero-order valence-corrected chi connectivity index (χ0v) is 13.3. The van der Waals surface area contributed by atoms with Crippen LogP contribution in [0.4, 0.5) is 0 Å². The van der Waals surface area contributed by atoms with Gasteiger partial charge in [-0.3, -0.25) is 4.79 Å². The zero-order valence-electron chi connectivity index (χ0n) is 12.4. The zero-order chi connectivity index (χ0) is 13.8. The van der Waals surface area contributed by atoms with Crippen molar-refractivity contribution >= 4 is 18.3 Å². The van der Waals surface area contributed by atoms with Crippen LogP contribution in [0, 0.1) is 13.8 Å². The monoisotopic (exact) mass is 301 g/mol. The van der Waals surface area contributed by atoms with Crippen molar-refractivity contribution in [1.29, 1.82) is 0 Å². The molecule has 0 radical (unpaired) electrons. The van der Waals surface area contributed by atoms with Crippen LogP contribution in [0.3, 0.4) is 0 Å². The normalized spacial score (nSPS) is 19.1. The van der Waals surface area contributed by atoms with Crippen molar-refractivity contribution in [1.82, 2.24) is 15.4 Å². The molecule has 6 heteroatoms. The molecule has 0 bridgehead atoms. The van der Waals surface area contributed by atoms with Gasteiger partial charge in [0.05, 0.1) is 12.1 Å². The van der Waals surface area contributed by atoms with E-state index >= 15 is 0 Å². The van der Waals surface area contributed by atoms with Crippen LogP contribution in [0.1, 0.15) is 36.3 Å². The van der Waals surface area contributed by atoms with Gasteiger partial charge in [0.1, 0.15) is 5.76 Å². The van der Waals surface area contributed by atoms with Gasteiger partial charge in [-0.25, -0.2) is 0 Å². The van der Waals surface area contributed by atoms with E-state index in [1.165, 1.54) is 0 Å². The summed E-state index contributed by atoms with van der Waals surface area (Å²) in [5.41, 5.74) is 1.75. The lowest BCUT2D eigenvalue weighted by atomic mass is 10.1. The number of rotatable bonds is 3. The highest BCUT2D eigenvalue weighted by Gasteiger charge is 2.23. The molecule has 5 nitrogen and oxygen atoms in total. The van der Waals surface area contributed by atoms with Crippen molar-refractivity contribution < 1.29 is 9.32 Å². The quantitative estimate of drug-likeness (QED) is 0.926. The number of nitrogens with one attached hydrogen (secondary N) is 1. The first kappa shape index (κ1) is 17.0. The van der Waals surface area contributed by atoms with Crippen molar-refractivity contribution in [3.8, 4) is 0 Å². The van der Waals surface area contributed by atoms with Crippen LogP contribution in [-0.4, -0.2) is 42.1 Å². The van der Waals surface area contributed by atoms with Crippen molar-refractivity contribution in [2.24, 2.45) is 0 Å². The van der Waals surface area contributed by atoms with Gasteiger partial charge in [0.15, 0.2) is 0 Å². The Balaban J connectivity index is 0.00000200. The summed E-state index contributed by atoms with van der Waals surface area (Å²) < 4.78 is 5.11. The Labute approximate surface area is 126 Å². The highest BCUT2D eigenvalue weighted by Crippen LogP contribution is 2.17. The topological polar surface area (TPSA) is 58.4 Å². The number of halogens is 1. The summed E-state index contributed by atoms with van der Waals surface area (Å²) in [5, 5.41) is 7.27. The first-order valence-corrected chi connectivity index (χ1v) is 6.97. The third kappa shape index (κ3) is 3.96. The van der Waals surface area contributed by atoms with Gasteiger partial charge in [-0.1, -0.05) is 5.16 Å². The Morgan fingerprint density at radius 1 is 1.40 bits per heavy atom. The fourth-order valence-electron chi connectivity index (χ4n) is 2.62. The minimum absolute atomic E-state index is 0. The Morgan fingerprint density at radius 2 is 2.15 bits per heavy atom. The average Bonchev–Trinajstić information content (AvgIpc) is 2.65. The molecule has 1 amide bonds. The summed E-state index contributed by atoms with van der Waals surface area (Å²) in [4.78, 5) is 14.3. The predicted octanol–water partition coefficient (Wildman–Crippen LogP) is 1.86. The average molecular weight is 302 g/mol. The molecule has 1 aromatic rings. The summed E-state index contributed by atoms with van der Waals surface area (Å²) in [7, 11) is 1.91. The fraction of sp³-hybridized carbons (Fsp3) is 0.714. The highest BCUT2D eigenvalue weighted by molar-refractivity contribution is 5.85. The highest BCUT2D eigenvalue weighted by atomic mass is 35.5. The molecule has 0 spiro atoms. The van der Waals surface area contributed by atoms with E-state index < -0.39 is 0 Å². The standard InChI is InChI=1S/C14H23N3O2.ClH/c1-10-13(11(2)19-16-10)9-14(18)17(3)12-5-4-7-15-8-6-12;/h12,15H,4-9H2,1-3H3;1H. The molecule has 0 aliphatic carbocycles. The van der Waals surface area contributed by atoms with E-state index in [0.717, 1.165) is 49.4 Å². The van der Waals surface area contributed by atoms with Gasteiger partial charge in [-0.2, -0.15) is 0 Å². The van der Waals surface area contributed by atoms with Gasteiger partial charge in [0, 0.05) is 18.7 Å². The molecule has 1 fully saturated rings. The largest absolute Gasteiger partial charge is 0.361 e. The van der Waals surface area contributed by atoms with Gasteiger partial charge >= 0.3 is 0 Å². The number of hydrogen-bond acceptors (Lipinski definition) is 4. The molecule has 0 saturated carbocycles. The number of amides is 1. The van der Waals surface area contributed by atoms with E-state index in [4.69, 9.17) is 4.52 Å². The van der Waals surface area contributed by atoms with Crippen LogP contribution in [-0.2, 0) is 11.2 Å². The third-order valence-electron chi connectivity index (χ3n) is 4.00. The van der Waals surface area contributed by atoms with Crippen LogP contribution in [0.5, 0.6) is 0 Å². The molecule has 0 aromatic carbocycles. The minimum atomic E-state index is 0. The predicted molar refractivity (Wildman–Crippen MR) is 80.2 cm³/mol. The smallest absolute Gasteiger partial charge is 0.227 e. The summed E-state index contributed by atoms with van der Waals surface area (Å²) in [6.07, 6.45) is 3.63. The summed E-state index contributed by atoms with van der Waals surface area (Å²) in [6, 6.07) is 0.350. The van der Waals surface area contributed by atoms with Crippen molar-refractivity contribution in [2.45, 2.75) is 45.6 Å². The van der Waals surface area contributed by atoms with Crippen LogP contribution in [0.25, 0.3) is 0 Å². The second-order valence-electron chi connectivity index (χ2n) is 5.32. The lowest BCUT2D eigenvalue weighted by Gasteiger charge is -2.27. The van der Waals surface area contributed by atoms with Crippen molar-refractivity contribution in [3.05, 3.63) is 17.0 Å². The van der Waals surface area contributed by atoms with Crippen molar-refractivity contribution in [2.75, 3.05) is 20.1 Å². The summed E-state index contributed by atoms with van der Waals surface area (Å²) in [6.45, 7) is 5.79.